The first-order valence-corrected chi connectivity index (χ1v) is 10.7. The molecule has 0 aliphatic heterocycles. The Morgan fingerprint density at radius 1 is 1.43 bits per heavy atom. The standard InChI is InChI=1S/C17H15BrClFN4O3S/c1-3-24(2)28(26,27)23-13-5-4-12(19)14(15(13)20)16(25)11-8-22-17-10(11)6-9(18)7-21-17/h4-8,23H,3H2,1-2H3,(H,21,22). The van der Waals surface area contributed by atoms with Crippen molar-refractivity contribution in [3.8, 4) is 0 Å². The van der Waals surface area contributed by atoms with Gasteiger partial charge in [-0.1, -0.05) is 18.5 Å². The minimum atomic E-state index is -3.97. The SMILES string of the molecule is CCN(C)S(=O)(=O)Nc1ccc(Cl)c(C(=O)c2c[nH]c3ncc(Br)cc23)c1F. The molecule has 2 heterocycles. The van der Waals surface area contributed by atoms with Gasteiger partial charge in [-0.2, -0.15) is 12.7 Å². The van der Waals surface area contributed by atoms with Gasteiger partial charge in [0, 0.05) is 41.4 Å². The molecule has 2 N–H and O–H groups in total. The number of nitrogens with zero attached hydrogens (tertiary/aromatic N) is 2. The molecule has 3 aromatic rings. The van der Waals surface area contributed by atoms with Crippen molar-refractivity contribution < 1.29 is 17.6 Å². The number of fused-ring (bicyclic) bond motifs is 1. The number of hydrogen-bond donors (Lipinski definition) is 2. The molecule has 1 aromatic carbocycles. The predicted octanol–water partition coefficient (Wildman–Crippen LogP) is 3.96. The van der Waals surface area contributed by atoms with Crippen LogP contribution >= 0.6 is 27.5 Å². The lowest BCUT2D eigenvalue weighted by atomic mass is 10.0. The number of benzene rings is 1. The van der Waals surface area contributed by atoms with E-state index in [0.29, 0.717) is 15.5 Å². The van der Waals surface area contributed by atoms with Crippen LogP contribution in [0, 0.1) is 5.82 Å². The molecule has 28 heavy (non-hydrogen) atoms. The monoisotopic (exact) mass is 488 g/mol. The maximum absolute atomic E-state index is 15.1. The van der Waals surface area contributed by atoms with Crippen molar-refractivity contribution in [1.82, 2.24) is 14.3 Å². The largest absolute Gasteiger partial charge is 0.345 e. The topological polar surface area (TPSA) is 95.2 Å². The second-order valence-electron chi connectivity index (χ2n) is 5.89. The van der Waals surface area contributed by atoms with Crippen molar-refractivity contribution in [2.75, 3.05) is 18.3 Å². The summed E-state index contributed by atoms with van der Waals surface area (Å²) in [5.74, 6) is -1.75. The van der Waals surface area contributed by atoms with Crippen molar-refractivity contribution >= 4 is 60.2 Å². The first-order valence-electron chi connectivity index (χ1n) is 8.05. The Hall–Kier alpha value is -2.01. The van der Waals surface area contributed by atoms with Crippen molar-refractivity contribution in [3.63, 3.8) is 0 Å². The lowest BCUT2D eigenvalue weighted by Crippen LogP contribution is -2.32. The van der Waals surface area contributed by atoms with Crippen LogP contribution < -0.4 is 4.72 Å². The number of halogens is 3. The molecule has 0 aliphatic carbocycles. The second-order valence-corrected chi connectivity index (χ2v) is 8.99. The van der Waals surface area contributed by atoms with Gasteiger partial charge in [0.15, 0.2) is 11.6 Å². The highest BCUT2D eigenvalue weighted by molar-refractivity contribution is 9.10. The molecular weight excluding hydrogens is 475 g/mol. The van der Waals surface area contributed by atoms with Crippen molar-refractivity contribution in [2.24, 2.45) is 0 Å². The summed E-state index contributed by atoms with van der Waals surface area (Å²) >= 11 is 9.35. The van der Waals surface area contributed by atoms with Crippen molar-refractivity contribution in [1.29, 1.82) is 0 Å². The molecule has 0 saturated carbocycles. The van der Waals surface area contributed by atoms with Crippen LogP contribution in [-0.4, -0.2) is 42.1 Å². The molecule has 0 spiro atoms. The zero-order valence-electron chi connectivity index (χ0n) is 14.8. The number of rotatable bonds is 6. The van der Waals surface area contributed by atoms with Gasteiger partial charge in [0.25, 0.3) is 0 Å². The number of hydrogen-bond acceptors (Lipinski definition) is 4. The van der Waals surface area contributed by atoms with E-state index in [-0.39, 0.29) is 22.8 Å². The number of nitrogens with one attached hydrogen (secondary N) is 2. The average molecular weight is 490 g/mol. The van der Waals surface area contributed by atoms with Crippen LogP contribution in [0.25, 0.3) is 11.0 Å². The van der Waals surface area contributed by atoms with E-state index >= 15 is 4.39 Å². The highest BCUT2D eigenvalue weighted by Gasteiger charge is 2.26. The molecule has 2 aromatic heterocycles. The second kappa shape index (κ2) is 7.78. The first-order chi connectivity index (χ1) is 13.2. The van der Waals surface area contributed by atoms with Gasteiger partial charge in [-0.15, -0.1) is 0 Å². The van der Waals surface area contributed by atoms with Crippen LogP contribution in [0.2, 0.25) is 5.02 Å². The number of aromatic amines is 1. The zero-order chi connectivity index (χ0) is 20.6. The molecule has 0 aliphatic rings. The van der Waals surface area contributed by atoms with Gasteiger partial charge in [-0.05, 0) is 34.1 Å². The third-order valence-electron chi connectivity index (χ3n) is 4.16. The minimum Gasteiger partial charge on any atom is -0.345 e. The lowest BCUT2D eigenvalue weighted by molar-refractivity contribution is 0.103. The highest BCUT2D eigenvalue weighted by Crippen LogP contribution is 2.31. The summed E-state index contributed by atoms with van der Waals surface area (Å²) < 4.78 is 43.3. The van der Waals surface area contributed by atoms with E-state index in [2.05, 4.69) is 30.6 Å². The Bertz CT molecular complexity index is 1180. The van der Waals surface area contributed by atoms with Crippen LogP contribution in [0.15, 0.2) is 35.1 Å². The summed E-state index contributed by atoms with van der Waals surface area (Å²) in [5, 5.41) is 0.346. The molecule has 148 valence electrons. The molecule has 0 bridgehead atoms. The maximum atomic E-state index is 15.1. The molecule has 0 unspecified atom stereocenters. The number of carbonyl (C=O) groups is 1. The Morgan fingerprint density at radius 2 is 2.14 bits per heavy atom. The van der Waals surface area contributed by atoms with Crippen LogP contribution in [0.4, 0.5) is 10.1 Å². The van der Waals surface area contributed by atoms with Crippen LogP contribution in [0.1, 0.15) is 22.8 Å². The highest BCUT2D eigenvalue weighted by atomic mass is 79.9. The van der Waals surface area contributed by atoms with Gasteiger partial charge in [-0.3, -0.25) is 9.52 Å². The Labute approximate surface area is 174 Å². The number of carbonyl (C=O) groups excluding carboxylic acids is 1. The van der Waals surface area contributed by atoms with Gasteiger partial charge in [0.05, 0.1) is 16.3 Å². The summed E-state index contributed by atoms with van der Waals surface area (Å²) in [4.78, 5) is 20.0. The Balaban J connectivity index is 2.09. The minimum absolute atomic E-state index is 0.133. The van der Waals surface area contributed by atoms with Gasteiger partial charge < -0.3 is 4.98 Å². The molecule has 0 atom stereocenters. The van der Waals surface area contributed by atoms with E-state index in [0.717, 1.165) is 4.31 Å². The molecular formula is C17H15BrClFN4O3S. The van der Waals surface area contributed by atoms with Gasteiger partial charge in [0.1, 0.15) is 5.65 Å². The van der Waals surface area contributed by atoms with E-state index < -0.39 is 27.4 Å². The third-order valence-corrected chi connectivity index (χ3v) is 6.46. The van der Waals surface area contributed by atoms with Gasteiger partial charge in [-0.25, -0.2) is 9.37 Å². The number of anilines is 1. The molecule has 7 nitrogen and oxygen atoms in total. The van der Waals surface area contributed by atoms with Gasteiger partial charge >= 0.3 is 10.2 Å². The summed E-state index contributed by atoms with van der Waals surface area (Å²) in [7, 11) is -2.62. The smallest absolute Gasteiger partial charge is 0.301 e. The Kier molecular flexibility index (Phi) is 5.76. The fourth-order valence-corrected chi connectivity index (χ4v) is 4.02. The lowest BCUT2D eigenvalue weighted by Gasteiger charge is -2.17. The number of H-pyrrole nitrogens is 1. The molecule has 0 amide bonds. The van der Waals surface area contributed by atoms with Crippen LogP contribution in [0.3, 0.4) is 0 Å². The van der Waals surface area contributed by atoms with E-state index in [1.807, 2.05) is 0 Å². The molecule has 11 heteroatoms. The predicted molar refractivity (Wildman–Crippen MR) is 109 cm³/mol. The molecule has 0 saturated heterocycles. The van der Waals surface area contributed by atoms with Crippen LogP contribution in [-0.2, 0) is 10.2 Å². The maximum Gasteiger partial charge on any atom is 0.301 e. The normalized spacial score (nSPS) is 11.9. The summed E-state index contributed by atoms with van der Waals surface area (Å²) in [6.07, 6.45) is 2.96. The first kappa shape index (κ1) is 20.7. The molecule has 3 rings (SSSR count). The zero-order valence-corrected chi connectivity index (χ0v) is 17.9. The number of ketones is 1. The fourth-order valence-electron chi connectivity index (χ4n) is 2.53. The van der Waals surface area contributed by atoms with E-state index in [1.165, 1.54) is 25.4 Å². The van der Waals surface area contributed by atoms with Crippen LogP contribution in [0.5, 0.6) is 0 Å². The third kappa shape index (κ3) is 3.77. The molecule has 0 fully saturated rings. The summed E-state index contributed by atoms with van der Waals surface area (Å²) in [6.45, 7) is 1.82. The number of aromatic nitrogens is 2. The van der Waals surface area contributed by atoms with E-state index in [9.17, 15) is 13.2 Å². The molecule has 0 radical (unpaired) electrons. The summed E-state index contributed by atoms with van der Waals surface area (Å²) in [6, 6.07) is 4.11. The van der Waals surface area contributed by atoms with Crippen molar-refractivity contribution in [2.45, 2.75) is 6.92 Å². The summed E-state index contributed by atoms with van der Waals surface area (Å²) in [5.41, 5.74) is -0.186. The van der Waals surface area contributed by atoms with Gasteiger partial charge in [0.2, 0.25) is 0 Å². The fraction of sp³-hybridized carbons (Fsp3) is 0.176. The number of pyridine rings is 1. The van der Waals surface area contributed by atoms with E-state index in [1.54, 1.807) is 19.2 Å². The van der Waals surface area contributed by atoms with Crippen molar-refractivity contribution in [3.05, 3.63) is 57.0 Å². The quantitative estimate of drug-likeness (QED) is 0.513. The Morgan fingerprint density at radius 3 is 2.82 bits per heavy atom. The van der Waals surface area contributed by atoms with E-state index in [4.69, 9.17) is 11.6 Å². The average Bonchev–Trinajstić information content (AvgIpc) is 3.06.